The van der Waals surface area contributed by atoms with Crippen molar-refractivity contribution in [2.24, 2.45) is 5.92 Å². The highest BCUT2D eigenvalue weighted by Crippen LogP contribution is 2.28. The topological polar surface area (TPSA) is 69.7 Å². The van der Waals surface area contributed by atoms with E-state index in [1.54, 1.807) is 0 Å². The lowest BCUT2D eigenvalue weighted by atomic mass is 9.95. The van der Waals surface area contributed by atoms with Crippen molar-refractivity contribution in [3.05, 3.63) is 30.1 Å². The van der Waals surface area contributed by atoms with Gasteiger partial charge in [-0.3, -0.25) is 19.3 Å². The first kappa shape index (κ1) is 17.5. The molecule has 1 N–H and O–H groups in total. The second-order valence-electron chi connectivity index (χ2n) is 6.68. The lowest BCUT2D eigenvalue weighted by molar-refractivity contribution is -0.123. The van der Waals surface area contributed by atoms with Gasteiger partial charge in [0, 0.05) is 13.5 Å². The van der Waals surface area contributed by atoms with Gasteiger partial charge in [-0.25, -0.2) is 9.29 Å². The van der Waals surface area contributed by atoms with Gasteiger partial charge in [-0.05, 0) is 56.1 Å². The van der Waals surface area contributed by atoms with Gasteiger partial charge in [0.15, 0.2) is 0 Å². The Hall–Kier alpha value is -2.28. The number of carbonyl (C=O) groups excluding carboxylic acids is 3. The second kappa shape index (κ2) is 7.31. The summed E-state index contributed by atoms with van der Waals surface area (Å²) in [5, 5.41) is 2.83. The Morgan fingerprint density at radius 3 is 2.44 bits per heavy atom. The molecule has 3 amide bonds. The van der Waals surface area contributed by atoms with Gasteiger partial charge in [-0.1, -0.05) is 0 Å². The largest absolute Gasteiger partial charge is 0.356 e. The zero-order valence-corrected chi connectivity index (χ0v) is 14.2. The second-order valence-corrected chi connectivity index (χ2v) is 6.68. The zero-order chi connectivity index (χ0) is 18.0. The fourth-order valence-corrected chi connectivity index (χ4v) is 3.52. The Morgan fingerprint density at radius 1 is 1.20 bits per heavy atom. The van der Waals surface area contributed by atoms with Crippen molar-refractivity contribution in [1.29, 1.82) is 0 Å². The van der Waals surface area contributed by atoms with Gasteiger partial charge < -0.3 is 5.32 Å². The molecule has 0 aromatic heterocycles. The minimum Gasteiger partial charge on any atom is -0.356 e. The Bertz CT molecular complexity index is 669. The minimum atomic E-state index is -0.445. The molecule has 0 spiro atoms. The van der Waals surface area contributed by atoms with Crippen molar-refractivity contribution in [2.75, 3.05) is 24.5 Å². The Morgan fingerprint density at radius 2 is 1.84 bits per heavy atom. The summed E-state index contributed by atoms with van der Waals surface area (Å²) >= 11 is 0. The van der Waals surface area contributed by atoms with Gasteiger partial charge in [0.2, 0.25) is 11.8 Å². The van der Waals surface area contributed by atoms with Crippen molar-refractivity contribution in [2.45, 2.75) is 32.2 Å². The molecule has 1 aromatic rings. The zero-order valence-electron chi connectivity index (χ0n) is 14.2. The Labute approximate surface area is 146 Å². The number of nitrogens with one attached hydrogen (secondary N) is 1. The molecule has 0 saturated carbocycles. The van der Waals surface area contributed by atoms with Crippen LogP contribution in [0.25, 0.3) is 0 Å². The molecule has 0 unspecified atom stereocenters. The van der Waals surface area contributed by atoms with E-state index in [0.29, 0.717) is 18.2 Å². The predicted molar refractivity (Wildman–Crippen MR) is 90.3 cm³/mol. The number of carbonyl (C=O) groups is 3. The van der Waals surface area contributed by atoms with E-state index in [-0.39, 0.29) is 24.1 Å². The Kier molecular flexibility index (Phi) is 5.13. The number of anilines is 1. The van der Waals surface area contributed by atoms with E-state index in [1.807, 2.05) is 4.90 Å². The van der Waals surface area contributed by atoms with Gasteiger partial charge in [0.05, 0.1) is 18.2 Å². The maximum absolute atomic E-state index is 13.1. The van der Waals surface area contributed by atoms with Crippen molar-refractivity contribution in [1.82, 2.24) is 10.2 Å². The third-order valence-corrected chi connectivity index (χ3v) is 4.94. The first-order valence-electron chi connectivity index (χ1n) is 8.56. The lowest BCUT2D eigenvalue weighted by Gasteiger charge is -2.34. The molecule has 2 heterocycles. The van der Waals surface area contributed by atoms with Crippen LogP contribution in [0.1, 0.15) is 26.2 Å². The van der Waals surface area contributed by atoms with Crippen LogP contribution in [0.5, 0.6) is 0 Å². The molecule has 0 bridgehead atoms. The van der Waals surface area contributed by atoms with Gasteiger partial charge in [0.25, 0.3) is 5.91 Å². The number of benzene rings is 1. The number of likely N-dealkylation sites (tertiary alicyclic amines) is 1. The summed E-state index contributed by atoms with van der Waals surface area (Å²) in [5.74, 6) is -0.519. The number of imide groups is 1. The standard InChI is InChI=1S/C18H22FN3O3/c1-12(23)20-11-13-6-8-21(9-7-13)16-10-17(24)22(18(16)25)15-4-2-14(19)3-5-15/h2-5,13,16H,6-11H2,1H3,(H,20,23)/t16-/m1/s1. The molecule has 1 atom stereocenters. The SMILES string of the molecule is CC(=O)NCC1CCN([C@@H]2CC(=O)N(c3ccc(F)cc3)C2=O)CC1. The summed E-state index contributed by atoms with van der Waals surface area (Å²) in [6.07, 6.45) is 1.93. The molecule has 3 rings (SSSR count). The number of nitrogens with zero attached hydrogens (tertiary/aromatic N) is 2. The number of rotatable bonds is 4. The molecule has 1 aromatic carbocycles. The molecular formula is C18H22FN3O3. The van der Waals surface area contributed by atoms with Gasteiger partial charge in [0.1, 0.15) is 5.82 Å². The molecule has 0 aliphatic carbocycles. The molecule has 6 nitrogen and oxygen atoms in total. The van der Waals surface area contributed by atoms with Crippen LogP contribution in [0.4, 0.5) is 10.1 Å². The highest BCUT2D eigenvalue weighted by molar-refractivity contribution is 6.22. The molecule has 2 aliphatic rings. The van der Waals surface area contributed by atoms with E-state index in [9.17, 15) is 18.8 Å². The van der Waals surface area contributed by atoms with Gasteiger partial charge in [-0.2, -0.15) is 0 Å². The van der Waals surface area contributed by atoms with Crippen LogP contribution in [0.3, 0.4) is 0 Å². The monoisotopic (exact) mass is 347 g/mol. The number of amides is 3. The quantitative estimate of drug-likeness (QED) is 0.834. The molecule has 0 radical (unpaired) electrons. The van der Waals surface area contributed by atoms with Crippen molar-refractivity contribution >= 4 is 23.4 Å². The first-order valence-corrected chi connectivity index (χ1v) is 8.56. The maximum Gasteiger partial charge on any atom is 0.251 e. The molecule has 134 valence electrons. The van der Waals surface area contributed by atoms with Gasteiger partial charge in [-0.15, -0.1) is 0 Å². The highest BCUT2D eigenvalue weighted by Gasteiger charge is 2.43. The first-order chi connectivity index (χ1) is 12.0. The van der Waals surface area contributed by atoms with Crippen molar-refractivity contribution in [3.8, 4) is 0 Å². The summed E-state index contributed by atoms with van der Waals surface area (Å²) in [5.41, 5.74) is 0.416. The molecule has 2 aliphatic heterocycles. The van der Waals surface area contributed by atoms with Crippen molar-refractivity contribution < 1.29 is 18.8 Å². The van der Waals surface area contributed by atoms with Crippen LogP contribution in [0.15, 0.2) is 24.3 Å². The minimum absolute atomic E-state index is 0.0334. The van der Waals surface area contributed by atoms with E-state index >= 15 is 0 Å². The van der Waals surface area contributed by atoms with Crippen LogP contribution in [-0.2, 0) is 14.4 Å². The molecular weight excluding hydrogens is 325 g/mol. The van der Waals surface area contributed by atoms with Crippen LogP contribution in [0, 0.1) is 11.7 Å². The molecule has 2 saturated heterocycles. The van der Waals surface area contributed by atoms with E-state index in [0.717, 1.165) is 30.8 Å². The van der Waals surface area contributed by atoms with E-state index in [2.05, 4.69) is 5.32 Å². The van der Waals surface area contributed by atoms with Crippen LogP contribution in [-0.4, -0.2) is 48.3 Å². The third kappa shape index (κ3) is 3.87. The number of piperidine rings is 1. The van der Waals surface area contributed by atoms with Crippen LogP contribution >= 0.6 is 0 Å². The average Bonchev–Trinajstić information content (AvgIpc) is 2.89. The normalized spacial score (nSPS) is 22.5. The lowest BCUT2D eigenvalue weighted by Crippen LogP contribution is -2.47. The summed E-state index contributed by atoms with van der Waals surface area (Å²) in [4.78, 5) is 39.2. The summed E-state index contributed by atoms with van der Waals surface area (Å²) in [6, 6.07) is 4.95. The van der Waals surface area contributed by atoms with E-state index < -0.39 is 11.9 Å². The highest BCUT2D eigenvalue weighted by atomic mass is 19.1. The summed E-state index contributed by atoms with van der Waals surface area (Å²) < 4.78 is 13.1. The fraction of sp³-hybridized carbons (Fsp3) is 0.500. The Balaban J connectivity index is 1.61. The van der Waals surface area contributed by atoms with Crippen LogP contribution < -0.4 is 10.2 Å². The number of halogens is 1. The summed E-state index contributed by atoms with van der Waals surface area (Å²) in [6.45, 7) is 3.61. The van der Waals surface area contributed by atoms with E-state index in [1.165, 1.54) is 31.2 Å². The van der Waals surface area contributed by atoms with E-state index in [4.69, 9.17) is 0 Å². The fourth-order valence-electron chi connectivity index (χ4n) is 3.52. The smallest absolute Gasteiger partial charge is 0.251 e. The average molecular weight is 347 g/mol. The van der Waals surface area contributed by atoms with Gasteiger partial charge >= 0.3 is 0 Å². The molecule has 7 heteroatoms. The third-order valence-electron chi connectivity index (χ3n) is 4.94. The van der Waals surface area contributed by atoms with Crippen molar-refractivity contribution in [3.63, 3.8) is 0 Å². The molecule has 2 fully saturated rings. The summed E-state index contributed by atoms with van der Waals surface area (Å²) in [7, 11) is 0. The van der Waals surface area contributed by atoms with Crippen LogP contribution in [0.2, 0.25) is 0 Å². The number of hydrogen-bond donors (Lipinski definition) is 1. The maximum atomic E-state index is 13.1. The predicted octanol–water partition coefficient (Wildman–Crippen LogP) is 1.31. The molecule has 25 heavy (non-hydrogen) atoms. The number of hydrogen-bond acceptors (Lipinski definition) is 4.